The Morgan fingerprint density at radius 1 is 0.375 bits per heavy atom. The Hall–Kier alpha value is -1.25. The summed E-state index contributed by atoms with van der Waals surface area (Å²) >= 11 is 0. The molecule has 0 aromatic carbocycles. The van der Waals surface area contributed by atoms with Gasteiger partial charge in [-0.2, -0.15) is 0 Å². The number of carbonyl (C=O) groups is 2. The highest BCUT2D eigenvalue weighted by atomic mass is 31.2. The molecule has 0 bridgehead atoms. The standard InChI is InChI=1S/C70H138NO8P/c1-6-8-10-12-14-16-18-20-22-24-25-26-27-28-29-30-31-32-33-34-35-36-37-38-39-40-41-42-43-44-45-47-49-51-53-55-57-59-61-63-70(73)79-68(67-78-80(74,75)77-65-64-71(3,4)5)66-76-69(72)62-60-58-56-54-52-50-48-46-23-21-19-17-15-13-11-9-7-2/h24-25,68H,6-23,26-67H2,1-5H3/p+1/b25-24-. The molecule has 1 N–H and O–H groups in total. The second kappa shape index (κ2) is 62.3. The molecule has 0 fully saturated rings. The fourth-order valence-electron chi connectivity index (χ4n) is 10.8. The number of likely N-dealkylation sites (N-methyl/N-ethyl adjacent to an activating group) is 1. The molecule has 0 aliphatic carbocycles. The van der Waals surface area contributed by atoms with Crippen LogP contribution >= 0.6 is 7.82 Å². The maximum absolute atomic E-state index is 12.9. The average Bonchev–Trinajstić information content (AvgIpc) is 3.42. The Balaban J connectivity index is 3.86. The van der Waals surface area contributed by atoms with E-state index < -0.39 is 26.5 Å². The molecule has 0 aliphatic heterocycles. The summed E-state index contributed by atoms with van der Waals surface area (Å²) in [6, 6.07) is 0. The van der Waals surface area contributed by atoms with E-state index in [1.807, 2.05) is 21.1 Å². The molecule has 0 heterocycles. The number of nitrogens with zero attached hydrogens (tertiary/aromatic N) is 1. The number of rotatable bonds is 67. The number of esters is 2. The molecule has 0 aromatic heterocycles. The summed E-state index contributed by atoms with van der Waals surface area (Å²) in [7, 11) is 1.50. The smallest absolute Gasteiger partial charge is 0.462 e. The van der Waals surface area contributed by atoms with Gasteiger partial charge in [0.1, 0.15) is 19.8 Å². The lowest BCUT2D eigenvalue weighted by molar-refractivity contribution is -0.870. The minimum absolute atomic E-state index is 0.0369. The Kier molecular flexibility index (Phi) is 61.3. The largest absolute Gasteiger partial charge is 0.472 e. The van der Waals surface area contributed by atoms with Crippen LogP contribution in [-0.4, -0.2) is 74.9 Å². The molecule has 10 heteroatoms. The number of hydrogen-bond donors (Lipinski definition) is 1. The van der Waals surface area contributed by atoms with Gasteiger partial charge >= 0.3 is 19.8 Å². The third-order valence-electron chi connectivity index (χ3n) is 16.3. The van der Waals surface area contributed by atoms with Gasteiger partial charge in [0.2, 0.25) is 0 Å². The maximum Gasteiger partial charge on any atom is 0.472 e. The summed E-state index contributed by atoms with van der Waals surface area (Å²) in [5.74, 6) is -0.772. The monoisotopic (exact) mass is 1150 g/mol. The van der Waals surface area contributed by atoms with Crippen LogP contribution in [0.1, 0.15) is 373 Å². The quantitative estimate of drug-likeness (QED) is 0.0211. The van der Waals surface area contributed by atoms with Crippen LogP contribution in [0.4, 0.5) is 0 Å². The van der Waals surface area contributed by atoms with E-state index in [2.05, 4.69) is 26.0 Å². The predicted molar refractivity (Wildman–Crippen MR) is 345 cm³/mol. The molecule has 0 saturated heterocycles. The predicted octanol–water partition coefficient (Wildman–Crippen LogP) is 22.7. The molecule has 0 spiro atoms. The summed E-state index contributed by atoms with van der Waals surface area (Å²) in [5, 5.41) is 0. The Bertz CT molecular complexity index is 1350. The summed E-state index contributed by atoms with van der Waals surface area (Å²) < 4.78 is 34.7. The lowest BCUT2D eigenvalue weighted by Crippen LogP contribution is -2.37. The van der Waals surface area contributed by atoms with Gasteiger partial charge in [0.25, 0.3) is 0 Å². The molecule has 0 rings (SSSR count). The normalized spacial score (nSPS) is 13.1. The van der Waals surface area contributed by atoms with Gasteiger partial charge in [-0.1, -0.05) is 334 Å². The fourth-order valence-corrected chi connectivity index (χ4v) is 11.6. The number of allylic oxidation sites excluding steroid dienone is 2. The first kappa shape index (κ1) is 78.8. The van der Waals surface area contributed by atoms with E-state index >= 15 is 0 Å². The van der Waals surface area contributed by atoms with E-state index in [0.29, 0.717) is 17.4 Å². The summed E-state index contributed by atoms with van der Waals surface area (Å²) in [5.41, 5.74) is 0. The van der Waals surface area contributed by atoms with Crippen LogP contribution in [0.3, 0.4) is 0 Å². The second-order valence-electron chi connectivity index (χ2n) is 25.6. The van der Waals surface area contributed by atoms with Gasteiger partial charge in [0.15, 0.2) is 6.10 Å². The first-order chi connectivity index (χ1) is 39.0. The summed E-state index contributed by atoms with van der Waals surface area (Å²) in [6.45, 7) is 4.51. The minimum atomic E-state index is -4.38. The lowest BCUT2D eigenvalue weighted by atomic mass is 10.0. The van der Waals surface area contributed by atoms with Crippen LogP contribution < -0.4 is 0 Å². The highest BCUT2D eigenvalue weighted by Gasteiger charge is 2.27. The van der Waals surface area contributed by atoms with Crippen molar-refractivity contribution in [1.29, 1.82) is 0 Å². The summed E-state index contributed by atoms with van der Waals surface area (Å²) in [4.78, 5) is 35.8. The maximum atomic E-state index is 12.9. The highest BCUT2D eigenvalue weighted by Crippen LogP contribution is 2.43. The molecule has 2 atom stereocenters. The van der Waals surface area contributed by atoms with Crippen LogP contribution in [-0.2, 0) is 32.7 Å². The van der Waals surface area contributed by atoms with E-state index in [1.165, 1.54) is 308 Å². The van der Waals surface area contributed by atoms with Gasteiger partial charge in [-0.25, -0.2) is 4.57 Å². The zero-order valence-corrected chi connectivity index (χ0v) is 55.3. The number of carbonyl (C=O) groups excluding carboxylic acids is 2. The van der Waals surface area contributed by atoms with Crippen LogP contribution in [0.2, 0.25) is 0 Å². The fraction of sp³-hybridized carbons (Fsp3) is 0.943. The van der Waals surface area contributed by atoms with Gasteiger partial charge in [-0.15, -0.1) is 0 Å². The Morgan fingerprint density at radius 3 is 0.925 bits per heavy atom. The number of quaternary nitrogens is 1. The van der Waals surface area contributed by atoms with E-state index in [-0.39, 0.29) is 25.6 Å². The SMILES string of the molecule is CCCCCCCCCC/C=C\CCCCCCCCCCCCCCCCCCCCCCCCCCCCCC(=O)OC(COC(=O)CCCCCCCCCCCCCCCCCCC)COP(=O)(O)OCC[N+](C)(C)C. The number of unbranched alkanes of at least 4 members (excludes halogenated alkanes) is 51. The van der Waals surface area contributed by atoms with Crippen LogP contribution in [0.5, 0.6) is 0 Å². The van der Waals surface area contributed by atoms with Crippen molar-refractivity contribution in [2.24, 2.45) is 0 Å². The van der Waals surface area contributed by atoms with E-state index in [9.17, 15) is 19.0 Å². The number of phosphoric ester groups is 1. The molecular formula is C70H139NO8P+. The first-order valence-electron chi connectivity index (χ1n) is 35.4. The summed E-state index contributed by atoms with van der Waals surface area (Å²) in [6.07, 6.45) is 76.3. The van der Waals surface area contributed by atoms with Crippen molar-refractivity contribution < 1.29 is 42.1 Å². The van der Waals surface area contributed by atoms with Gasteiger partial charge in [0.05, 0.1) is 27.7 Å². The van der Waals surface area contributed by atoms with E-state index in [1.54, 1.807) is 0 Å². The molecule has 0 radical (unpaired) electrons. The number of phosphoric acid groups is 1. The Labute approximate surface area is 498 Å². The average molecular weight is 1150 g/mol. The highest BCUT2D eigenvalue weighted by molar-refractivity contribution is 7.47. The number of hydrogen-bond acceptors (Lipinski definition) is 7. The second-order valence-corrected chi connectivity index (χ2v) is 27.1. The molecule has 9 nitrogen and oxygen atoms in total. The van der Waals surface area contributed by atoms with Crippen LogP contribution in [0.25, 0.3) is 0 Å². The van der Waals surface area contributed by atoms with Crippen LogP contribution in [0, 0.1) is 0 Å². The zero-order valence-electron chi connectivity index (χ0n) is 54.4. The van der Waals surface area contributed by atoms with E-state index in [4.69, 9.17) is 18.5 Å². The first-order valence-corrected chi connectivity index (χ1v) is 36.9. The van der Waals surface area contributed by atoms with Crippen molar-refractivity contribution in [1.82, 2.24) is 0 Å². The lowest BCUT2D eigenvalue weighted by Gasteiger charge is -2.24. The molecule has 0 aliphatic rings. The van der Waals surface area contributed by atoms with Gasteiger partial charge in [0, 0.05) is 12.8 Å². The molecule has 0 saturated carbocycles. The topological polar surface area (TPSA) is 108 Å². The molecule has 80 heavy (non-hydrogen) atoms. The number of ether oxygens (including phenoxy) is 2. The molecule has 0 amide bonds. The van der Waals surface area contributed by atoms with Gasteiger partial charge in [-0.05, 0) is 38.5 Å². The van der Waals surface area contributed by atoms with Crippen molar-refractivity contribution in [2.75, 3.05) is 47.5 Å². The molecule has 476 valence electrons. The van der Waals surface area contributed by atoms with Gasteiger partial charge < -0.3 is 18.9 Å². The molecule has 0 aromatic rings. The van der Waals surface area contributed by atoms with Crippen molar-refractivity contribution in [3.63, 3.8) is 0 Å². The van der Waals surface area contributed by atoms with Crippen LogP contribution in [0.15, 0.2) is 12.2 Å². The van der Waals surface area contributed by atoms with Gasteiger partial charge in [-0.3, -0.25) is 18.6 Å². The third-order valence-corrected chi connectivity index (χ3v) is 17.3. The Morgan fingerprint density at radius 2 is 0.637 bits per heavy atom. The molecule has 2 unspecified atom stereocenters. The van der Waals surface area contributed by atoms with Crippen molar-refractivity contribution in [3.8, 4) is 0 Å². The minimum Gasteiger partial charge on any atom is -0.462 e. The third kappa shape index (κ3) is 65.9. The van der Waals surface area contributed by atoms with Crippen molar-refractivity contribution >= 4 is 19.8 Å². The molecular weight excluding hydrogens is 1010 g/mol. The van der Waals surface area contributed by atoms with Crippen molar-refractivity contribution in [3.05, 3.63) is 12.2 Å². The van der Waals surface area contributed by atoms with E-state index in [0.717, 1.165) is 38.5 Å². The van der Waals surface area contributed by atoms with Crippen molar-refractivity contribution in [2.45, 2.75) is 380 Å². The zero-order chi connectivity index (χ0) is 58.4.